The number of ether oxygens (including phenoxy) is 1. The maximum absolute atomic E-state index is 11.8. The van der Waals surface area contributed by atoms with Gasteiger partial charge in [0.05, 0.1) is 6.61 Å². The lowest BCUT2D eigenvalue weighted by Crippen LogP contribution is -2.09. The fraction of sp³-hybridized carbons (Fsp3) is 0.231. The van der Waals surface area contributed by atoms with Gasteiger partial charge in [0.1, 0.15) is 5.69 Å². The van der Waals surface area contributed by atoms with E-state index in [-0.39, 0.29) is 5.69 Å². The van der Waals surface area contributed by atoms with Crippen LogP contribution in [-0.2, 0) is 16.0 Å². The number of hydrogen-bond donors (Lipinski definition) is 1. The average Bonchev–Trinajstić information content (AvgIpc) is 3.03. The highest BCUT2D eigenvalue weighted by atomic mass is 35.5. The molecule has 0 aliphatic heterocycles. The average molecular weight is 298 g/mol. The molecule has 0 aliphatic rings. The monoisotopic (exact) mass is 297 g/mol. The van der Waals surface area contributed by atoms with Crippen molar-refractivity contribution in [1.82, 2.24) is 4.98 Å². The maximum Gasteiger partial charge on any atom is 0.294 e. The van der Waals surface area contributed by atoms with Gasteiger partial charge in [0, 0.05) is 23.7 Å². The summed E-state index contributed by atoms with van der Waals surface area (Å²) in [5, 5.41) is 0.928. The van der Waals surface area contributed by atoms with Crippen molar-refractivity contribution in [1.29, 1.82) is 0 Å². The Hall–Kier alpha value is -1.43. The Labute approximate surface area is 119 Å². The first-order valence-electron chi connectivity index (χ1n) is 5.62. The minimum atomic E-state index is -0.988. The van der Waals surface area contributed by atoms with Crippen molar-refractivity contribution in [2.45, 2.75) is 6.42 Å². The Morgan fingerprint density at radius 2 is 2.26 bits per heavy atom. The number of H-pyrrole nitrogens is 1. The predicted molar refractivity (Wildman–Crippen MR) is 74.9 cm³/mol. The molecule has 100 valence electrons. The molecule has 19 heavy (non-hydrogen) atoms. The highest BCUT2D eigenvalue weighted by Crippen LogP contribution is 2.32. The molecule has 0 atom stereocenters. The summed E-state index contributed by atoms with van der Waals surface area (Å²) in [5.74, 6) is -0.714. The molecule has 6 heteroatoms. The first-order valence-corrected chi connectivity index (χ1v) is 6.88. The van der Waals surface area contributed by atoms with Crippen LogP contribution in [0.15, 0.2) is 23.7 Å². The summed E-state index contributed by atoms with van der Waals surface area (Å²) in [4.78, 5) is 26.6. The second kappa shape index (κ2) is 6.14. The summed E-state index contributed by atoms with van der Waals surface area (Å²) in [6, 6.07) is 3.80. The first kappa shape index (κ1) is 14.0. The lowest BCUT2D eigenvalue weighted by molar-refractivity contribution is -0.108. The van der Waals surface area contributed by atoms with Crippen molar-refractivity contribution in [3.8, 4) is 10.4 Å². The zero-order valence-electron chi connectivity index (χ0n) is 10.2. The number of Topliss-reactive ketones (excluding diaryl/α,β-unsaturated/α-hetero) is 1. The number of hydrogen-bond acceptors (Lipinski definition) is 4. The normalized spacial score (nSPS) is 10.6. The van der Waals surface area contributed by atoms with E-state index in [9.17, 15) is 9.59 Å². The van der Waals surface area contributed by atoms with Gasteiger partial charge in [-0.3, -0.25) is 9.59 Å². The highest BCUT2D eigenvalue weighted by Gasteiger charge is 2.23. The summed E-state index contributed by atoms with van der Waals surface area (Å²) >= 11 is 6.78. The van der Waals surface area contributed by atoms with Gasteiger partial charge in [-0.25, -0.2) is 0 Å². The van der Waals surface area contributed by atoms with Crippen LogP contribution in [0, 0.1) is 0 Å². The number of ketones is 1. The van der Waals surface area contributed by atoms with Crippen molar-refractivity contribution in [2.75, 3.05) is 13.7 Å². The number of aromatic nitrogens is 1. The van der Waals surface area contributed by atoms with E-state index in [4.69, 9.17) is 16.3 Å². The number of carbonyl (C=O) groups excluding carboxylic acids is 2. The molecule has 2 aromatic rings. The van der Waals surface area contributed by atoms with Crippen molar-refractivity contribution in [2.24, 2.45) is 0 Å². The molecule has 1 N–H and O–H groups in total. The highest BCUT2D eigenvalue weighted by molar-refractivity contribution is 7.13. The standard InChI is InChI=1S/C13H12ClNO3S/c1-18-5-4-8-7-15-11(12(16)13(14)17)10(8)9-3-2-6-19-9/h2-3,6-7,15H,4-5H2,1H3. The number of rotatable bonds is 6. The zero-order valence-corrected chi connectivity index (χ0v) is 11.8. The molecule has 0 aliphatic carbocycles. The van der Waals surface area contributed by atoms with Gasteiger partial charge in [-0.2, -0.15) is 0 Å². The van der Waals surface area contributed by atoms with Gasteiger partial charge in [0.2, 0.25) is 0 Å². The topological polar surface area (TPSA) is 59.2 Å². The van der Waals surface area contributed by atoms with E-state index >= 15 is 0 Å². The molecule has 2 aromatic heterocycles. The van der Waals surface area contributed by atoms with E-state index in [1.807, 2.05) is 17.5 Å². The summed E-state index contributed by atoms with van der Waals surface area (Å²) in [6.45, 7) is 0.540. The molecule has 0 spiro atoms. The minimum absolute atomic E-state index is 0.244. The quantitative estimate of drug-likeness (QED) is 0.507. The summed E-state index contributed by atoms with van der Waals surface area (Å²) < 4.78 is 5.05. The third kappa shape index (κ3) is 2.94. The van der Waals surface area contributed by atoms with E-state index in [0.717, 1.165) is 16.0 Å². The van der Waals surface area contributed by atoms with Crippen LogP contribution >= 0.6 is 22.9 Å². The SMILES string of the molecule is COCCc1c[nH]c(C(=O)C(=O)Cl)c1-c1cccs1. The van der Waals surface area contributed by atoms with Crippen molar-refractivity contribution in [3.05, 3.63) is 35.0 Å². The number of carbonyl (C=O) groups is 2. The lowest BCUT2D eigenvalue weighted by Gasteiger charge is -2.03. The molecule has 0 radical (unpaired) electrons. The number of aromatic amines is 1. The van der Waals surface area contributed by atoms with Crippen molar-refractivity contribution in [3.63, 3.8) is 0 Å². The molecule has 2 rings (SSSR count). The van der Waals surface area contributed by atoms with Crippen molar-refractivity contribution < 1.29 is 14.3 Å². The zero-order chi connectivity index (χ0) is 13.8. The molecule has 0 aromatic carbocycles. The van der Waals surface area contributed by atoms with Gasteiger partial charge >= 0.3 is 0 Å². The van der Waals surface area contributed by atoms with Crippen LogP contribution in [0.4, 0.5) is 0 Å². The van der Waals surface area contributed by atoms with Crippen LogP contribution in [0.1, 0.15) is 16.1 Å². The molecule has 0 saturated carbocycles. The van der Waals surface area contributed by atoms with E-state index < -0.39 is 11.0 Å². The lowest BCUT2D eigenvalue weighted by atomic mass is 10.0. The molecule has 4 nitrogen and oxygen atoms in total. The molecule has 0 fully saturated rings. The summed E-state index contributed by atoms with van der Waals surface area (Å²) in [7, 11) is 1.62. The number of thiophene rings is 1. The van der Waals surface area contributed by atoms with Gasteiger partial charge < -0.3 is 9.72 Å². The molecular formula is C13H12ClNO3S. The van der Waals surface area contributed by atoms with Crippen LogP contribution in [-0.4, -0.2) is 29.7 Å². The number of methoxy groups -OCH3 is 1. The van der Waals surface area contributed by atoms with Crippen LogP contribution < -0.4 is 0 Å². The van der Waals surface area contributed by atoms with E-state index in [1.54, 1.807) is 13.3 Å². The Kier molecular flexibility index (Phi) is 4.52. The van der Waals surface area contributed by atoms with Crippen LogP contribution in [0.25, 0.3) is 10.4 Å². The van der Waals surface area contributed by atoms with Crippen LogP contribution in [0.2, 0.25) is 0 Å². The maximum atomic E-state index is 11.8. The Balaban J connectivity index is 2.47. The second-order valence-electron chi connectivity index (χ2n) is 3.89. The largest absolute Gasteiger partial charge is 0.384 e. The van der Waals surface area contributed by atoms with Gasteiger partial charge in [0.25, 0.3) is 11.0 Å². The van der Waals surface area contributed by atoms with Gasteiger partial charge in [0.15, 0.2) is 0 Å². The number of halogens is 1. The van der Waals surface area contributed by atoms with Gasteiger partial charge in [-0.05, 0) is 35.0 Å². The molecule has 0 saturated heterocycles. The van der Waals surface area contributed by atoms with Crippen LogP contribution in [0.5, 0.6) is 0 Å². The van der Waals surface area contributed by atoms with Crippen molar-refractivity contribution >= 4 is 34.0 Å². The Bertz CT molecular complexity index is 589. The molecule has 2 heterocycles. The fourth-order valence-corrected chi connectivity index (χ4v) is 2.76. The van der Waals surface area contributed by atoms with Crippen LogP contribution in [0.3, 0.4) is 0 Å². The molecule has 0 unspecified atom stereocenters. The smallest absolute Gasteiger partial charge is 0.294 e. The molecule has 0 amide bonds. The second-order valence-corrected chi connectivity index (χ2v) is 5.18. The summed E-state index contributed by atoms with van der Waals surface area (Å²) in [6.07, 6.45) is 2.38. The van der Waals surface area contributed by atoms with Gasteiger partial charge in [-0.1, -0.05) is 6.07 Å². The Morgan fingerprint density at radius 3 is 2.84 bits per heavy atom. The first-order chi connectivity index (χ1) is 9.15. The minimum Gasteiger partial charge on any atom is -0.384 e. The van der Waals surface area contributed by atoms with E-state index in [2.05, 4.69) is 4.98 Å². The summed E-state index contributed by atoms with van der Waals surface area (Å²) in [5.41, 5.74) is 1.92. The van der Waals surface area contributed by atoms with Gasteiger partial charge in [-0.15, -0.1) is 11.3 Å². The molecule has 0 bridgehead atoms. The Morgan fingerprint density at radius 1 is 1.47 bits per heavy atom. The number of nitrogens with one attached hydrogen (secondary N) is 1. The fourth-order valence-electron chi connectivity index (χ4n) is 1.85. The van der Waals surface area contributed by atoms with E-state index in [1.165, 1.54) is 11.3 Å². The molecular weight excluding hydrogens is 286 g/mol. The third-order valence-corrected chi connectivity index (χ3v) is 3.77. The third-order valence-electron chi connectivity index (χ3n) is 2.71. The van der Waals surface area contributed by atoms with E-state index in [0.29, 0.717) is 13.0 Å². The predicted octanol–water partition coefficient (Wildman–Crippen LogP) is 2.88.